The Hall–Kier alpha value is -2.89. The number of carbonyl (C=O) groups excluding carboxylic acids is 1. The van der Waals surface area contributed by atoms with Crippen LogP contribution in [0.2, 0.25) is 0 Å². The molecule has 0 atom stereocenters. The summed E-state index contributed by atoms with van der Waals surface area (Å²) in [6.45, 7) is 4.40. The van der Waals surface area contributed by atoms with Gasteiger partial charge in [-0.05, 0) is 26.0 Å². The third-order valence-corrected chi connectivity index (χ3v) is 3.68. The highest BCUT2D eigenvalue weighted by Gasteiger charge is 2.21. The standard InChI is InChI=1S/C18H19N3O3/c1-13(2)21(18(22)15-9-6-12-23-15)11-10-16-19-17(20-24-16)14-7-4-3-5-8-14/h3-9,12-13H,10-11H2,1-2H3. The zero-order chi connectivity index (χ0) is 16.9. The van der Waals surface area contributed by atoms with Crippen LogP contribution in [0.5, 0.6) is 0 Å². The molecular weight excluding hydrogens is 306 g/mol. The minimum Gasteiger partial charge on any atom is -0.459 e. The molecule has 0 saturated carbocycles. The van der Waals surface area contributed by atoms with E-state index in [0.717, 1.165) is 5.56 Å². The van der Waals surface area contributed by atoms with Crippen LogP contribution < -0.4 is 0 Å². The van der Waals surface area contributed by atoms with E-state index in [-0.39, 0.29) is 11.9 Å². The van der Waals surface area contributed by atoms with Crippen LogP contribution in [-0.4, -0.2) is 33.5 Å². The molecule has 2 heterocycles. The van der Waals surface area contributed by atoms with E-state index in [1.165, 1.54) is 6.26 Å². The Labute approximate surface area is 140 Å². The molecule has 6 heteroatoms. The van der Waals surface area contributed by atoms with Crippen molar-refractivity contribution in [3.8, 4) is 11.4 Å². The fraction of sp³-hybridized carbons (Fsp3) is 0.278. The summed E-state index contributed by atoms with van der Waals surface area (Å²) in [6.07, 6.45) is 1.99. The number of aromatic nitrogens is 2. The summed E-state index contributed by atoms with van der Waals surface area (Å²) in [6, 6.07) is 13.0. The smallest absolute Gasteiger partial charge is 0.289 e. The third-order valence-electron chi connectivity index (χ3n) is 3.68. The second kappa shape index (κ2) is 7.12. The Kier molecular flexibility index (Phi) is 4.74. The molecule has 1 aromatic carbocycles. The van der Waals surface area contributed by atoms with E-state index in [0.29, 0.717) is 30.4 Å². The van der Waals surface area contributed by atoms with E-state index in [1.54, 1.807) is 17.0 Å². The molecule has 0 N–H and O–H groups in total. The quantitative estimate of drug-likeness (QED) is 0.694. The average Bonchev–Trinajstić information content (AvgIpc) is 3.27. The van der Waals surface area contributed by atoms with Crippen molar-refractivity contribution < 1.29 is 13.7 Å². The van der Waals surface area contributed by atoms with Gasteiger partial charge in [-0.2, -0.15) is 4.98 Å². The molecule has 0 fully saturated rings. The summed E-state index contributed by atoms with van der Waals surface area (Å²) in [5, 5.41) is 4.00. The zero-order valence-corrected chi connectivity index (χ0v) is 13.7. The number of hydrogen-bond acceptors (Lipinski definition) is 5. The number of furan rings is 1. The lowest BCUT2D eigenvalue weighted by molar-refractivity contribution is 0.0671. The normalized spacial score (nSPS) is 11.0. The molecule has 124 valence electrons. The molecule has 0 unspecified atom stereocenters. The summed E-state index contributed by atoms with van der Waals surface area (Å²) in [5.41, 5.74) is 0.903. The van der Waals surface area contributed by atoms with Crippen LogP contribution in [0.1, 0.15) is 30.3 Å². The Balaban J connectivity index is 1.67. The number of carbonyl (C=O) groups is 1. The van der Waals surface area contributed by atoms with E-state index in [9.17, 15) is 4.79 Å². The fourth-order valence-electron chi connectivity index (χ4n) is 2.41. The molecule has 0 aliphatic carbocycles. The van der Waals surface area contributed by atoms with Crippen molar-refractivity contribution in [1.82, 2.24) is 15.0 Å². The van der Waals surface area contributed by atoms with Crippen LogP contribution in [0.15, 0.2) is 57.7 Å². The Bertz CT molecular complexity index is 779. The second-order valence-electron chi connectivity index (χ2n) is 5.70. The van der Waals surface area contributed by atoms with Crippen molar-refractivity contribution in [2.45, 2.75) is 26.3 Å². The number of benzene rings is 1. The molecule has 0 aliphatic rings. The van der Waals surface area contributed by atoms with Crippen LogP contribution in [0.25, 0.3) is 11.4 Å². The van der Waals surface area contributed by atoms with E-state index in [1.807, 2.05) is 44.2 Å². The lowest BCUT2D eigenvalue weighted by atomic mass is 10.2. The molecular formula is C18H19N3O3. The van der Waals surface area contributed by atoms with Crippen molar-refractivity contribution in [3.05, 3.63) is 60.4 Å². The predicted molar refractivity (Wildman–Crippen MR) is 88.3 cm³/mol. The molecule has 24 heavy (non-hydrogen) atoms. The molecule has 0 bridgehead atoms. The highest BCUT2D eigenvalue weighted by Crippen LogP contribution is 2.16. The summed E-state index contributed by atoms with van der Waals surface area (Å²) < 4.78 is 10.5. The van der Waals surface area contributed by atoms with Gasteiger partial charge in [0.1, 0.15) is 0 Å². The maximum Gasteiger partial charge on any atom is 0.289 e. The average molecular weight is 325 g/mol. The molecule has 3 rings (SSSR count). The Morgan fingerprint density at radius 1 is 1.17 bits per heavy atom. The van der Waals surface area contributed by atoms with Crippen molar-refractivity contribution in [2.24, 2.45) is 0 Å². The summed E-state index contributed by atoms with van der Waals surface area (Å²) >= 11 is 0. The van der Waals surface area contributed by atoms with Crippen molar-refractivity contribution in [3.63, 3.8) is 0 Å². The van der Waals surface area contributed by atoms with Crippen molar-refractivity contribution in [1.29, 1.82) is 0 Å². The SMILES string of the molecule is CC(C)N(CCc1nc(-c2ccccc2)no1)C(=O)c1ccco1. The van der Waals surface area contributed by atoms with Gasteiger partial charge in [-0.25, -0.2) is 0 Å². The van der Waals surface area contributed by atoms with Crippen LogP contribution in [-0.2, 0) is 6.42 Å². The summed E-state index contributed by atoms with van der Waals surface area (Å²) in [5.74, 6) is 1.25. The Morgan fingerprint density at radius 2 is 1.96 bits per heavy atom. The van der Waals surface area contributed by atoms with Gasteiger partial charge in [-0.15, -0.1) is 0 Å². The van der Waals surface area contributed by atoms with Crippen molar-refractivity contribution >= 4 is 5.91 Å². The van der Waals surface area contributed by atoms with Gasteiger partial charge in [-0.3, -0.25) is 4.79 Å². The molecule has 0 radical (unpaired) electrons. The zero-order valence-electron chi connectivity index (χ0n) is 13.7. The van der Waals surface area contributed by atoms with Gasteiger partial charge < -0.3 is 13.8 Å². The number of hydrogen-bond donors (Lipinski definition) is 0. The fourth-order valence-corrected chi connectivity index (χ4v) is 2.41. The highest BCUT2D eigenvalue weighted by atomic mass is 16.5. The first-order valence-electron chi connectivity index (χ1n) is 7.87. The predicted octanol–water partition coefficient (Wildman–Crippen LogP) is 3.42. The summed E-state index contributed by atoms with van der Waals surface area (Å²) in [4.78, 5) is 18.6. The molecule has 0 saturated heterocycles. The van der Waals surface area contributed by atoms with E-state index in [4.69, 9.17) is 8.94 Å². The van der Waals surface area contributed by atoms with Crippen LogP contribution in [0.4, 0.5) is 0 Å². The molecule has 2 aromatic heterocycles. The van der Waals surface area contributed by atoms with Gasteiger partial charge in [0.05, 0.1) is 6.26 Å². The minimum atomic E-state index is -0.141. The van der Waals surface area contributed by atoms with E-state index >= 15 is 0 Å². The van der Waals surface area contributed by atoms with E-state index < -0.39 is 0 Å². The Morgan fingerprint density at radius 3 is 2.62 bits per heavy atom. The second-order valence-corrected chi connectivity index (χ2v) is 5.70. The van der Waals surface area contributed by atoms with Gasteiger partial charge in [-0.1, -0.05) is 35.5 Å². The molecule has 1 amide bonds. The first kappa shape index (κ1) is 16.0. The molecule has 0 spiro atoms. The number of amides is 1. The lowest BCUT2D eigenvalue weighted by Gasteiger charge is -2.25. The lowest BCUT2D eigenvalue weighted by Crippen LogP contribution is -2.38. The number of rotatable bonds is 6. The summed E-state index contributed by atoms with van der Waals surface area (Å²) in [7, 11) is 0. The van der Waals surface area contributed by atoms with Gasteiger partial charge in [0.25, 0.3) is 5.91 Å². The topological polar surface area (TPSA) is 72.4 Å². The minimum absolute atomic E-state index is 0.0408. The highest BCUT2D eigenvalue weighted by molar-refractivity contribution is 5.91. The maximum absolute atomic E-state index is 12.5. The monoisotopic (exact) mass is 325 g/mol. The molecule has 3 aromatic rings. The first-order valence-corrected chi connectivity index (χ1v) is 7.87. The molecule has 0 aliphatic heterocycles. The maximum atomic E-state index is 12.5. The van der Waals surface area contributed by atoms with Crippen molar-refractivity contribution in [2.75, 3.05) is 6.54 Å². The van der Waals surface area contributed by atoms with Gasteiger partial charge in [0.15, 0.2) is 5.76 Å². The van der Waals surface area contributed by atoms with Crippen LogP contribution in [0, 0.1) is 0 Å². The number of nitrogens with zero attached hydrogens (tertiary/aromatic N) is 3. The van der Waals surface area contributed by atoms with Gasteiger partial charge in [0.2, 0.25) is 11.7 Å². The van der Waals surface area contributed by atoms with Crippen LogP contribution >= 0.6 is 0 Å². The van der Waals surface area contributed by atoms with Gasteiger partial charge in [0, 0.05) is 24.6 Å². The first-order chi connectivity index (χ1) is 11.6. The van der Waals surface area contributed by atoms with E-state index in [2.05, 4.69) is 10.1 Å². The largest absolute Gasteiger partial charge is 0.459 e. The third kappa shape index (κ3) is 3.53. The molecule has 6 nitrogen and oxygen atoms in total. The van der Waals surface area contributed by atoms with Crippen LogP contribution in [0.3, 0.4) is 0 Å². The van der Waals surface area contributed by atoms with Gasteiger partial charge >= 0.3 is 0 Å².